The summed E-state index contributed by atoms with van der Waals surface area (Å²) in [5.41, 5.74) is 0. The second-order valence-corrected chi connectivity index (χ2v) is 7.77. The van der Waals surface area contributed by atoms with Gasteiger partial charge in [-0.3, -0.25) is 4.79 Å². The van der Waals surface area contributed by atoms with Crippen molar-refractivity contribution in [3.63, 3.8) is 0 Å². The number of aromatic nitrogens is 3. The van der Waals surface area contributed by atoms with Gasteiger partial charge in [-0.1, -0.05) is 12.1 Å². The van der Waals surface area contributed by atoms with Crippen LogP contribution in [-0.4, -0.2) is 53.9 Å². The van der Waals surface area contributed by atoms with Crippen LogP contribution in [0.5, 0.6) is 0 Å². The van der Waals surface area contributed by atoms with Gasteiger partial charge in [0.05, 0.1) is 18.4 Å². The van der Waals surface area contributed by atoms with Crippen molar-refractivity contribution in [1.29, 1.82) is 0 Å². The van der Waals surface area contributed by atoms with Crippen LogP contribution in [0, 0.1) is 5.82 Å². The van der Waals surface area contributed by atoms with Crippen LogP contribution >= 0.6 is 0 Å². The van der Waals surface area contributed by atoms with Gasteiger partial charge in [0.1, 0.15) is 10.7 Å². The molecule has 1 aromatic carbocycles. The number of carbonyl (C=O) groups excluding carboxylic acids is 1. The second-order valence-electron chi connectivity index (χ2n) is 6.04. The van der Waals surface area contributed by atoms with E-state index < -0.39 is 20.7 Å². The maximum absolute atomic E-state index is 13.6. The molecule has 1 fully saturated rings. The highest BCUT2D eigenvalue weighted by Crippen LogP contribution is 2.21. The highest BCUT2D eigenvalue weighted by atomic mass is 32.2. The Morgan fingerprint density at radius 2 is 1.85 bits per heavy atom. The minimum Gasteiger partial charge on any atom is -0.342 e. The molecule has 2 heterocycles. The van der Waals surface area contributed by atoms with Gasteiger partial charge in [-0.2, -0.15) is 15.0 Å². The fourth-order valence-corrected chi connectivity index (χ4v) is 4.06. The Bertz CT molecular complexity index is 849. The molecule has 0 saturated carbocycles. The Morgan fingerprint density at radius 3 is 2.50 bits per heavy atom. The Balaban J connectivity index is 1.47. The fourth-order valence-electron chi connectivity index (χ4n) is 2.95. The van der Waals surface area contributed by atoms with Crippen molar-refractivity contribution in [3.8, 4) is 0 Å². The van der Waals surface area contributed by atoms with E-state index in [1.54, 1.807) is 22.1 Å². The molecule has 0 unspecified atom stereocenters. The molecule has 0 bridgehead atoms. The van der Waals surface area contributed by atoms with E-state index in [1.165, 1.54) is 18.2 Å². The van der Waals surface area contributed by atoms with Gasteiger partial charge in [0.15, 0.2) is 0 Å². The van der Waals surface area contributed by atoms with Crippen LogP contribution in [0.1, 0.15) is 25.3 Å². The predicted molar refractivity (Wildman–Crippen MR) is 91.1 cm³/mol. The molecule has 0 aliphatic carbocycles. The van der Waals surface area contributed by atoms with Gasteiger partial charge in [0.2, 0.25) is 15.9 Å². The third kappa shape index (κ3) is 4.25. The van der Waals surface area contributed by atoms with E-state index in [9.17, 15) is 17.6 Å². The minimum absolute atomic E-state index is 0.0262. The zero-order valence-corrected chi connectivity index (χ0v) is 14.9. The van der Waals surface area contributed by atoms with E-state index in [4.69, 9.17) is 0 Å². The van der Waals surface area contributed by atoms with Gasteiger partial charge < -0.3 is 4.90 Å². The zero-order valence-electron chi connectivity index (χ0n) is 14.1. The number of piperidine rings is 1. The number of rotatable bonds is 6. The van der Waals surface area contributed by atoms with Crippen molar-refractivity contribution in [2.24, 2.45) is 0 Å². The number of nitrogens with zero attached hydrogens (tertiary/aromatic N) is 4. The first-order valence-corrected chi connectivity index (χ1v) is 9.83. The van der Waals surface area contributed by atoms with E-state index in [0.717, 1.165) is 18.9 Å². The molecular formula is C16H20FN5O3S. The van der Waals surface area contributed by atoms with Crippen LogP contribution in [0.15, 0.2) is 41.6 Å². The number of amides is 1. The van der Waals surface area contributed by atoms with E-state index in [2.05, 4.69) is 14.9 Å². The lowest BCUT2D eigenvalue weighted by atomic mass is 10.1. The van der Waals surface area contributed by atoms with Gasteiger partial charge in [-0.05, 0) is 25.0 Å². The van der Waals surface area contributed by atoms with Crippen molar-refractivity contribution >= 4 is 15.9 Å². The molecular weight excluding hydrogens is 361 g/mol. The minimum atomic E-state index is -3.97. The molecule has 2 aromatic rings. The third-order valence-corrected chi connectivity index (χ3v) is 5.83. The first-order chi connectivity index (χ1) is 12.5. The largest absolute Gasteiger partial charge is 0.342 e. The lowest BCUT2D eigenvalue weighted by Crippen LogP contribution is -2.40. The number of nitrogens with one attached hydrogen (secondary N) is 1. The van der Waals surface area contributed by atoms with E-state index >= 15 is 0 Å². The monoisotopic (exact) mass is 381 g/mol. The summed E-state index contributed by atoms with van der Waals surface area (Å²) >= 11 is 0. The Labute approximate surface area is 151 Å². The van der Waals surface area contributed by atoms with Crippen LogP contribution in [0.4, 0.5) is 4.39 Å². The SMILES string of the molecule is O=C(CCNS(=O)(=O)c1ccccc1F)N1CCC(n2nccn2)CC1. The van der Waals surface area contributed by atoms with Gasteiger partial charge in [0.25, 0.3) is 0 Å². The summed E-state index contributed by atoms with van der Waals surface area (Å²) in [5, 5.41) is 8.23. The van der Waals surface area contributed by atoms with Crippen molar-refractivity contribution in [3.05, 3.63) is 42.5 Å². The lowest BCUT2D eigenvalue weighted by Gasteiger charge is -2.31. The Hall–Kier alpha value is -2.33. The van der Waals surface area contributed by atoms with Gasteiger partial charge in [0, 0.05) is 26.1 Å². The first-order valence-electron chi connectivity index (χ1n) is 8.35. The zero-order chi connectivity index (χ0) is 18.6. The summed E-state index contributed by atoms with van der Waals surface area (Å²) < 4.78 is 40.1. The molecule has 10 heteroatoms. The molecule has 1 amide bonds. The summed E-state index contributed by atoms with van der Waals surface area (Å²) in [4.78, 5) is 15.2. The quantitative estimate of drug-likeness (QED) is 0.804. The topological polar surface area (TPSA) is 97.2 Å². The standard InChI is InChI=1S/C16H20FN5O3S/c17-14-3-1-2-4-15(14)26(24,25)20-8-5-16(23)21-11-6-13(7-12-21)22-18-9-10-19-22/h1-4,9-10,13,20H,5-8,11-12H2. The van der Waals surface area contributed by atoms with Gasteiger partial charge in [-0.15, -0.1) is 0 Å². The average molecular weight is 381 g/mol. The number of benzene rings is 1. The summed E-state index contributed by atoms with van der Waals surface area (Å²) in [7, 11) is -3.97. The highest BCUT2D eigenvalue weighted by Gasteiger charge is 2.25. The van der Waals surface area contributed by atoms with Crippen molar-refractivity contribution in [2.75, 3.05) is 19.6 Å². The van der Waals surface area contributed by atoms with Crippen molar-refractivity contribution < 1.29 is 17.6 Å². The van der Waals surface area contributed by atoms with Crippen LogP contribution in [0.25, 0.3) is 0 Å². The third-order valence-electron chi connectivity index (χ3n) is 4.34. The molecule has 26 heavy (non-hydrogen) atoms. The van der Waals surface area contributed by atoms with Crippen LogP contribution in [-0.2, 0) is 14.8 Å². The van der Waals surface area contributed by atoms with E-state index in [1.807, 2.05) is 0 Å². The van der Waals surface area contributed by atoms with Gasteiger partial charge >= 0.3 is 0 Å². The van der Waals surface area contributed by atoms with Gasteiger partial charge in [-0.25, -0.2) is 17.5 Å². The normalized spacial score (nSPS) is 16.0. The number of carbonyl (C=O) groups is 1. The Morgan fingerprint density at radius 1 is 1.19 bits per heavy atom. The fraction of sp³-hybridized carbons (Fsp3) is 0.438. The van der Waals surface area contributed by atoms with Crippen LogP contribution < -0.4 is 4.72 Å². The smallest absolute Gasteiger partial charge is 0.243 e. The highest BCUT2D eigenvalue weighted by molar-refractivity contribution is 7.89. The molecule has 3 rings (SSSR count). The molecule has 140 valence electrons. The van der Waals surface area contributed by atoms with Crippen LogP contribution in [0.3, 0.4) is 0 Å². The molecule has 8 nitrogen and oxygen atoms in total. The molecule has 0 atom stereocenters. The van der Waals surface area contributed by atoms with Crippen LogP contribution in [0.2, 0.25) is 0 Å². The number of hydrogen-bond acceptors (Lipinski definition) is 5. The van der Waals surface area contributed by atoms with Crippen molar-refractivity contribution in [2.45, 2.75) is 30.2 Å². The predicted octanol–water partition coefficient (Wildman–Crippen LogP) is 0.949. The maximum atomic E-state index is 13.6. The summed E-state index contributed by atoms with van der Waals surface area (Å²) in [6.07, 6.45) is 4.78. The van der Waals surface area contributed by atoms with E-state index in [-0.39, 0.29) is 24.9 Å². The summed E-state index contributed by atoms with van der Waals surface area (Å²) in [6.45, 7) is 1.08. The number of likely N-dealkylation sites (tertiary alicyclic amines) is 1. The molecule has 1 aromatic heterocycles. The Kier molecular flexibility index (Phi) is 5.62. The second kappa shape index (κ2) is 7.92. The molecule has 0 radical (unpaired) electrons. The molecule has 1 saturated heterocycles. The summed E-state index contributed by atoms with van der Waals surface area (Å²) in [6, 6.07) is 5.31. The number of hydrogen-bond donors (Lipinski definition) is 1. The molecule has 0 spiro atoms. The average Bonchev–Trinajstić information content (AvgIpc) is 3.16. The van der Waals surface area contributed by atoms with E-state index in [0.29, 0.717) is 13.1 Å². The summed E-state index contributed by atoms with van der Waals surface area (Å²) in [5.74, 6) is -0.950. The number of halogens is 1. The first kappa shape index (κ1) is 18.5. The number of sulfonamides is 1. The maximum Gasteiger partial charge on any atom is 0.243 e. The molecule has 1 N–H and O–H groups in total. The molecule has 1 aliphatic heterocycles. The van der Waals surface area contributed by atoms with Crippen molar-refractivity contribution in [1.82, 2.24) is 24.6 Å². The lowest BCUT2D eigenvalue weighted by molar-refractivity contribution is -0.132. The molecule has 1 aliphatic rings.